The number of nitrogens with zero attached hydrogens (tertiary/aromatic N) is 4. The maximum atomic E-state index is 7.03. The van der Waals surface area contributed by atoms with E-state index in [9.17, 15) is 0 Å². The number of para-hydroxylation sites is 2. The van der Waals surface area contributed by atoms with E-state index < -0.39 is 0 Å². The van der Waals surface area contributed by atoms with Gasteiger partial charge in [-0.25, -0.2) is 15.0 Å². The Morgan fingerprint density at radius 2 is 0.726 bits per heavy atom. The number of hydrogen-bond donors (Lipinski definition) is 0. The molecule has 0 aliphatic heterocycles. The minimum atomic E-state index is 0.565. The molecule has 0 saturated carbocycles. The summed E-state index contributed by atoms with van der Waals surface area (Å²) >= 11 is 0. The molecule has 0 N–H and O–H groups in total. The maximum absolute atomic E-state index is 7.03. The first-order chi connectivity index (χ1) is 30.7. The predicted octanol–water partition coefficient (Wildman–Crippen LogP) is 14.9. The molecule has 5 heteroatoms. The highest BCUT2D eigenvalue weighted by atomic mass is 16.3. The Balaban J connectivity index is 1.06. The van der Waals surface area contributed by atoms with Crippen LogP contribution in [0.25, 0.3) is 117 Å². The van der Waals surface area contributed by atoms with Crippen LogP contribution in [0.4, 0.5) is 0 Å². The van der Waals surface area contributed by atoms with Crippen LogP contribution < -0.4 is 0 Å². The van der Waals surface area contributed by atoms with Crippen molar-refractivity contribution in [1.82, 2.24) is 19.5 Å². The monoisotopic (exact) mass is 792 g/mol. The number of aromatic nitrogens is 4. The van der Waals surface area contributed by atoms with Gasteiger partial charge in [-0.1, -0.05) is 170 Å². The highest BCUT2D eigenvalue weighted by Gasteiger charge is 2.21. The summed E-state index contributed by atoms with van der Waals surface area (Å²) in [5.74, 6) is 1.76. The summed E-state index contributed by atoms with van der Waals surface area (Å²) in [5.41, 5.74) is 14.2. The van der Waals surface area contributed by atoms with E-state index in [1.54, 1.807) is 0 Å². The van der Waals surface area contributed by atoms with Gasteiger partial charge < -0.3 is 8.98 Å². The van der Waals surface area contributed by atoms with Gasteiger partial charge in [0.1, 0.15) is 5.58 Å². The van der Waals surface area contributed by atoms with Crippen LogP contribution in [0.5, 0.6) is 0 Å². The summed E-state index contributed by atoms with van der Waals surface area (Å²) in [4.78, 5) is 15.5. The molecule has 62 heavy (non-hydrogen) atoms. The smallest absolute Gasteiger partial charge is 0.164 e. The van der Waals surface area contributed by atoms with Gasteiger partial charge >= 0.3 is 0 Å². The van der Waals surface area contributed by atoms with Crippen LogP contribution in [0.1, 0.15) is 0 Å². The second kappa shape index (κ2) is 14.7. The lowest BCUT2D eigenvalue weighted by Crippen LogP contribution is -2.00. The second-order valence-corrected chi connectivity index (χ2v) is 15.6. The summed E-state index contributed by atoms with van der Waals surface area (Å²) < 4.78 is 9.37. The fraction of sp³-hybridized carbons (Fsp3) is 0. The Kier molecular flexibility index (Phi) is 8.42. The van der Waals surface area contributed by atoms with Crippen LogP contribution >= 0.6 is 0 Å². The molecule has 3 heterocycles. The van der Waals surface area contributed by atoms with Crippen LogP contribution in [-0.4, -0.2) is 19.5 Å². The van der Waals surface area contributed by atoms with Gasteiger partial charge in [-0.3, -0.25) is 0 Å². The van der Waals surface area contributed by atoms with E-state index in [1.165, 1.54) is 10.8 Å². The first-order valence-corrected chi connectivity index (χ1v) is 20.8. The molecule has 0 fully saturated rings. The summed E-state index contributed by atoms with van der Waals surface area (Å²) in [5, 5.41) is 4.45. The Morgan fingerprint density at radius 1 is 0.290 bits per heavy atom. The van der Waals surface area contributed by atoms with E-state index >= 15 is 0 Å². The Bertz CT molecular complexity index is 3470. The van der Waals surface area contributed by atoms with Crippen molar-refractivity contribution in [3.05, 3.63) is 218 Å². The van der Waals surface area contributed by atoms with Crippen molar-refractivity contribution in [2.75, 3.05) is 0 Å². The molecular weight excluding hydrogens is 757 g/mol. The molecule has 12 aromatic rings. The molecule has 0 aliphatic carbocycles. The Hall–Kier alpha value is -8.41. The van der Waals surface area contributed by atoms with Gasteiger partial charge in [-0.2, -0.15) is 0 Å². The highest BCUT2D eigenvalue weighted by molar-refractivity contribution is 6.14. The molecule has 0 bridgehead atoms. The highest BCUT2D eigenvalue weighted by Crippen LogP contribution is 2.42. The third-order valence-corrected chi connectivity index (χ3v) is 11.8. The number of furan rings is 1. The molecule has 9 aromatic carbocycles. The van der Waals surface area contributed by atoms with Gasteiger partial charge in [0.15, 0.2) is 23.1 Å². The average molecular weight is 793 g/mol. The quantitative estimate of drug-likeness (QED) is 0.161. The predicted molar refractivity (Wildman–Crippen MR) is 254 cm³/mol. The van der Waals surface area contributed by atoms with Crippen molar-refractivity contribution >= 4 is 43.7 Å². The fourth-order valence-corrected chi connectivity index (χ4v) is 8.84. The molecule has 0 aliphatic rings. The van der Waals surface area contributed by atoms with Gasteiger partial charge in [0.05, 0.1) is 16.7 Å². The summed E-state index contributed by atoms with van der Waals surface area (Å²) in [7, 11) is 0. The SMILES string of the molecule is c1ccc(-c2cccc(-c3nc(-c4cccc(-c5ccccc5)c4)nc(-c4ccc5c(c4)oc4c(-n6c7ccccc7c7ccccc76)cc(-c6ccccc6)cc45)n3)c2)cc1. The first-order valence-electron chi connectivity index (χ1n) is 20.8. The molecule has 0 unspecified atom stereocenters. The normalized spacial score (nSPS) is 11.5. The van der Waals surface area contributed by atoms with E-state index in [4.69, 9.17) is 19.4 Å². The molecule has 0 saturated heterocycles. The number of fused-ring (bicyclic) bond motifs is 6. The van der Waals surface area contributed by atoms with Crippen LogP contribution in [-0.2, 0) is 0 Å². The van der Waals surface area contributed by atoms with E-state index in [2.05, 4.69) is 211 Å². The number of benzene rings is 9. The zero-order chi connectivity index (χ0) is 41.0. The molecule has 5 nitrogen and oxygen atoms in total. The summed E-state index contributed by atoms with van der Waals surface area (Å²) in [6.45, 7) is 0. The molecule has 0 radical (unpaired) electrons. The van der Waals surface area contributed by atoms with Gasteiger partial charge in [0, 0.05) is 38.2 Å². The average Bonchev–Trinajstić information content (AvgIpc) is 3.90. The van der Waals surface area contributed by atoms with Crippen molar-refractivity contribution < 1.29 is 4.42 Å². The van der Waals surface area contributed by atoms with Crippen LogP contribution in [0, 0.1) is 0 Å². The Labute approximate surface area is 357 Å². The molecular formula is C57H36N4O. The third kappa shape index (κ3) is 6.14. The molecule has 12 rings (SSSR count). The molecule has 0 atom stereocenters. The second-order valence-electron chi connectivity index (χ2n) is 15.6. The van der Waals surface area contributed by atoms with Crippen molar-refractivity contribution in [3.8, 4) is 73.2 Å². The zero-order valence-corrected chi connectivity index (χ0v) is 33.5. The van der Waals surface area contributed by atoms with E-state index in [1.807, 2.05) is 12.1 Å². The van der Waals surface area contributed by atoms with Gasteiger partial charge in [0.25, 0.3) is 0 Å². The lowest BCUT2D eigenvalue weighted by Gasteiger charge is -2.11. The molecule has 0 amide bonds. The minimum absolute atomic E-state index is 0.565. The number of hydrogen-bond acceptors (Lipinski definition) is 4. The van der Waals surface area contributed by atoms with E-state index in [0.29, 0.717) is 17.5 Å². The first kappa shape index (κ1) is 35.5. The van der Waals surface area contributed by atoms with Crippen LogP contribution in [0.3, 0.4) is 0 Å². The maximum Gasteiger partial charge on any atom is 0.164 e. The van der Waals surface area contributed by atoms with E-state index in [-0.39, 0.29) is 0 Å². The van der Waals surface area contributed by atoms with Crippen molar-refractivity contribution in [1.29, 1.82) is 0 Å². The van der Waals surface area contributed by atoms with Crippen molar-refractivity contribution in [3.63, 3.8) is 0 Å². The topological polar surface area (TPSA) is 56.7 Å². The zero-order valence-electron chi connectivity index (χ0n) is 33.5. The van der Waals surface area contributed by atoms with Crippen LogP contribution in [0.15, 0.2) is 223 Å². The van der Waals surface area contributed by atoms with Crippen molar-refractivity contribution in [2.45, 2.75) is 0 Å². The third-order valence-electron chi connectivity index (χ3n) is 11.8. The molecule has 3 aromatic heterocycles. The van der Waals surface area contributed by atoms with E-state index in [0.717, 1.165) is 88.7 Å². The van der Waals surface area contributed by atoms with Gasteiger partial charge in [-0.05, 0) is 81.9 Å². The summed E-state index contributed by atoms with van der Waals surface area (Å²) in [6, 6.07) is 76.2. The largest absolute Gasteiger partial charge is 0.454 e. The van der Waals surface area contributed by atoms with Gasteiger partial charge in [-0.15, -0.1) is 0 Å². The van der Waals surface area contributed by atoms with Gasteiger partial charge in [0.2, 0.25) is 0 Å². The lowest BCUT2D eigenvalue weighted by molar-refractivity contribution is 0.666. The van der Waals surface area contributed by atoms with Crippen molar-refractivity contribution in [2.24, 2.45) is 0 Å². The molecule has 290 valence electrons. The Morgan fingerprint density at radius 3 is 1.26 bits per heavy atom. The number of rotatable bonds is 7. The lowest BCUT2D eigenvalue weighted by atomic mass is 10.0. The fourth-order valence-electron chi connectivity index (χ4n) is 8.84. The molecule has 0 spiro atoms. The summed E-state index contributed by atoms with van der Waals surface area (Å²) in [6.07, 6.45) is 0. The standard InChI is InChI=1S/C57H36N4O/c1-4-16-37(17-5-1)40-22-14-24-42(32-40)55-58-56(43-25-15-23-41(33-43)38-18-6-2-7-19-38)60-57(59-55)44-30-31-48-49-34-45(39-20-8-3-9-21-39)35-52(54(49)62-53(48)36-44)61-50-28-12-10-26-46(50)47-27-11-13-29-51(47)61/h1-36H. The van der Waals surface area contributed by atoms with Crippen LogP contribution in [0.2, 0.25) is 0 Å². The minimum Gasteiger partial charge on any atom is -0.454 e.